The van der Waals surface area contributed by atoms with Gasteiger partial charge < -0.3 is 4.57 Å². The van der Waals surface area contributed by atoms with E-state index in [4.69, 9.17) is 0 Å². The summed E-state index contributed by atoms with van der Waals surface area (Å²) in [6.45, 7) is 0. The molecule has 10 heavy (non-hydrogen) atoms. The van der Waals surface area contributed by atoms with Crippen LogP contribution in [0.15, 0.2) is 12.4 Å². The molecule has 0 bridgehead atoms. The SMILES string of the molecule is Cn1c[c]c(C(F)(F)F)c1. The fraction of sp³-hybridized carbons (Fsp3) is 0.333. The molecule has 1 aromatic heterocycles. The van der Waals surface area contributed by atoms with Gasteiger partial charge in [-0.2, -0.15) is 13.2 Å². The van der Waals surface area contributed by atoms with Gasteiger partial charge in [0.05, 0.1) is 5.56 Å². The first-order chi connectivity index (χ1) is 4.50. The van der Waals surface area contributed by atoms with Crippen molar-refractivity contribution in [1.82, 2.24) is 4.57 Å². The third-order valence-electron chi connectivity index (χ3n) is 1.06. The lowest BCUT2D eigenvalue weighted by Crippen LogP contribution is -2.02. The van der Waals surface area contributed by atoms with Crippen molar-refractivity contribution in [1.29, 1.82) is 0 Å². The normalized spacial score (nSPS) is 12.0. The van der Waals surface area contributed by atoms with E-state index in [0.717, 1.165) is 6.20 Å². The Kier molecular flexibility index (Phi) is 1.46. The van der Waals surface area contributed by atoms with Gasteiger partial charge in [-0.1, -0.05) is 0 Å². The monoisotopic (exact) mass is 148 g/mol. The maximum absolute atomic E-state index is 11.8. The number of aromatic nitrogens is 1. The highest BCUT2D eigenvalue weighted by Gasteiger charge is 2.31. The summed E-state index contributed by atoms with van der Waals surface area (Å²) in [5.74, 6) is 0. The highest BCUT2D eigenvalue weighted by atomic mass is 19.4. The molecule has 0 unspecified atom stereocenters. The van der Waals surface area contributed by atoms with Crippen molar-refractivity contribution in [3.05, 3.63) is 24.0 Å². The summed E-state index contributed by atoms with van der Waals surface area (Å²) in [4.78, 5) is 0. The topological polar surface area (TPSA) is 4.93 Å². The highest BCUT2D eigenvalue weighted by molar-refractivity contribution is 5.11. The zero-order chi connectivity index (χ0) is 7.78. The highest BCUT2D eigenvalue weighted by Crippen LogP contribution is 2.28. The van der Waals surface area contributed by atoms with Gasteiger partial charge in [-0.05, 0) is 0 Å². The molecule has 0 spiro atoms. The summed E-state index contributed by atoms with van der Waals surface area (Å²) in [7, 11) is 1.52. The molecule has 0 aromatic carbocycles. The fourth-order valence-corrected chi connectivity index (χ4v) is 0.605. The average molecular weight is 148 g/mol. The van der Waals surface area contributed by atoms with Gasteiger partial charge in [-0.25, -0.2) is 0 Å². The fourth-order valence-electron chi connectivity index (χ4n) is 0.605. The van der Waals surface area contributed by atoms with E-state index in [1.807, 2.05) is 0 Å². The summed E-state index contributed by atoms with van der Waals surface area (Å²) in [6, 6.07) is 2.08. The lowest BCUT2D eigenvalue weighted by Gasteiger charge is -2.00. The predicted octanol–water partition coefficient (Wildman–Crippen LogP) is 1.84. The van der Waals surface area contributed by atoms with Crippen LogP contribution in [0.2, 0.25) is 0 Å². The number of nitrogens with zero attached hydrogens (tertiary/aromatic N) is 1. The molecule has 1 radical (unpaired) electrons. The predicted molar refractivity (Wildman–Crippen MR) is 29.3 cm³/mol. The van der Waals surface area contributed by atoms with Crippen molar-refractivity contribution in [3.63, 3.8) is 0 Å². The summed E-state index contributed by atoms with van der Waals surface area (Å²) >= 11 is 0. The van der Waals surface area contributed by atoms with Crippen molar-refractivity contribution >= 4 is 0 Å². The van der Waals surface area contributed by atoms with Crippen LogP contribution in [-0.4, -0.2) is 4.57 Å². The van der Waals surface area contributed by atoms with E-state index >= 15 is 0 Å². The Bertz CT molecular complexity index is 223. The smallest absolute Gasteiger partial charge is 0.356 e. The summed E-state index contributed by atoms with van der Waals surface area (Å²) < 4.78 is 36.6. The van der Waals surface area contributed by atoms with E-state index in [9.17, 15) is 13.2 Å². The Morgan fingerprint density at radius 2 is 2.10 bits per heavy atom. The first kappa shape index (κ1) is 7.18. The molecule has 1 nitrogen and oxygen atoms in total. The molecule has 0 atom stereocenters. The molecule has 1 aromatic rings. The molecular formula is C6H5F3N. The zero-order valence-corrected chi connectivity index (χ0v) is 5.24. The van der Waals surface area contributed by atoms with Gasteiger partial charge in [0, 0.05) is 25.5 Å². The number of alkyl halides is 3. The van der Waals surface area contributed by atoms with Gasteiger partial charge in [0.1, 0.15) is 0 Å². The second kappa shape index (κ2) is 2.04. The molecule has 0 aliphatic carbocycles. The molecule has 4 heteroatoms. The van der Waals surface area contributed by atoms with Gasteiger partial charge >= 0.3 is 6.18 Å². The Balaban J connectivity index is 2.96. The van der Waals surface area contributed by atoms with Crippen LogP contribution in [-0.2, 0) is 13.2 Å². The van der Waals surface area contributed by atoms with Crippen LogP contribution >= 0.6 is 0 Å². The van der Waals surface area contributed by atoms with E-state index in [-0.39, 0.29) is 0 Å². The zero-order valence-electron chi connectivity index (χ0n) is 5.24. The summed E-state index contributed by atoms with van der Waals surface area (Å²) in [5, 5.41) is 0. The summed E-state index contributed by atoms with van der Waals surface area (Å²) in [5.41, 5.74) is -0.727. The Morgan fingerprint density at radius 1 is 1.50 bits per heavy atom. The number of hydrogen-bond donors (Lipinski definition) is 0. The summed E-state index contributed by atoms with van der Waals surface area (Å²) in [6.07, 6.45) is -2.04. The first-order valence-corrected chi connectivity index (χ1v) is 2.61. The van der Waals surface area contributed by atoms with Gasteiger partial charge in [0.25, 0.3) is 0 Å². The van der Waals surface area contributed by atoms with Crippen LogP contribution in [0.1, 0.15) is 5.56 Å². The second-order valence-electron chi connectivity index (χ2n) is 1.98. The number of halogens is 3. The van der Waals surface area contributed by atoms with Crippen LogP contribution in [0.3, 0.4) is 0 Å². The number of rotatable bonds is 0. The molecule has 55 valence electrons. The van der Waals surface area contributed by atoms with Crippen LogP contribution in [0.4, 0.5) is 13.2 Å². The maximum Gasteiger partial charge on any atom is 0.418 e. The molecule has 0 saturated carbocycles. The third-order valence-corrected chi connectivity index (χ3v) is 1.06. The molecular weight excluding hydrogens is 143 g/mol. The van der Waals surface area contributed by atoms with Crippen LogP contribution in [0.5, 0.6) is 0 Å². The molecule has 0 N–H and O–H groups in total. The molecule has 0 aliphatic heterocycles. The lowest BCUT2D eigenvalue weighted by atomic mass is 10.3. The molecule has 1 rings (SSSR count). The third kappa shape index (κ3) is 1.32. The van der Waals surface area contributed by atoms with E-state index < -0.39 is 11.7 Å². The molecule has 0 amide bonds. The van der Waals surface area contributed by atoms with Crippen LogP contribution in [0, 0.1) is 6.07 Å². The Morgan fingerprint density at radius 3 is 2.30 bits per heavy atom. The average Bonchev–Trinajstić information content (AvgIpc) is 2.11. The lowest BCUT2D eigenvalue weighted by molar-refractivity contribution is -0.137. The van der Waals surface area contributed by atoms with Crippen molar-refractivity contribution < 1.29 is 13.2 Å². The molecule has 0 saturated heterocycles. The molecule has 0 fully saturated rings. The van der Waals surface area contributed by atoms with Gasteiger partial charge in [-0.3, -0.25) is 0 Å². The largest absolute Gasteiger partial charge is 0.418 e. The quantitative estimate of drug-likeness (QED) is 0.529. The van der Waals surface area contributed by atoms with Crippen molar-refractivity contribution in [3.8, 4) is 0 Å². The van der Waals surface area contributed by atoms with E-state index in [2.05, 4.69) is 6.07 Å². The van der Waals surface area contributed by atoms with Crippen molar-refractivity contribution in [2.24, 2.45) is 7.05 Å². The van der Waals surface area contributed by atoms with Crippen molar-refractivity contribution in [2.45, 2.75) is 6.18 Å². The minimum absolute atomic E-state index is 0.727. The molecule has 1 heterocycles. The van der Waals surface area contributed by atoms with E-state index in [1.165, 1.54) is 17.8 Å². The van der Waals surface area contributed by atoms with Crippen LogP contribution in [0.25, 0.3) is 0 Å². The van der Waals surface area contributed by atoms with Crippen LogP contribution < -0.4 is 0 Å². The van der Waals surface area contributed by atoms with Gasteiger partial charge in [0.15, 0.2) is 0 Å². The van der Waals surface area contributed by atoms with Gasteiger partial charge in [-0.15, -0.1) is 0 Å². The minimum atomic E-state index is -4.26. The van der Waals surface area contributed by atoms with E-state index in [1.54, 1.807) is 0 Å². The van der Waals surface area contributed by atoms with Gasteiger partial charge in [0.2, 0.25) is 0 Å². The first-order valence-electron chi connectivity index (χ1n) is 2.61. The van der Waals surface area contributed by atoms with E-state index in [0.29, 0.717) is 0 Å². The maximum atomic E-state index is 11.8. The second-order valence-corrected chi connectivity index (χ2v) is 1.98. The Labute approximate surface area is 56.1 Å². The molecule has 0 aliphatic rings. The standard InChI is InChI=1S/C6H5F3N/c1-10-3-2-5(4-10)6(7,8)9/h3-4H,1H3. The number of hydrogen-bond acceptors (Lipinski definition) is 0. The Hall–Kier alpha value is -0.930. The minimum Gasteiger partial charge on any atom is -0.356 e. The number of aryl methyl sites for hydroxylation is 1. The van der Waals surface area contributed by atoms with Crippen molar-refractivity contribution in [2.75, 3.05) is 0 Å².